The lowest BCUT2D eigenvalue weighted by atomic mass is 10.2. The van der Waals surface area contributed by atoms with Crippen LogP contribution in [0.5, 0.6) is 5.75 Å². The lowest BCUT2D eigenvalue weighted by Gasteiger charge is -2.15. The highest BCUT2D eigenvalue weighted by molar-refractivity contribution is 7.98. The number of ether oxygens (including phenoxy) is 2. The third-order valence-electron chi connectivity index (χ3n) is 3.49. The molecule has 0 aliphatic rings. The number of carbonyl (C=O) groups excluding carboxylic acids is 2. The summed E-state index contributed by atoms with van der Waals surface area (Å²) >= 11 is 1.28. The number of anilines is 1. The van der Waals surface area contributed by atoms with Crippen molar-refractivity contribution in [3.63, 3.8) is 0 Å². The van der Waals surface area contributed by atoms with Crippen molar-refractivity contribution in [3.05, 3.63) is 52.2 Å². The monoisotopic (exact) mass is 391 g/mol. The van der Waals surface area contributed by atoms with E-state index in [0.717, 1.165) is 6.07 Å². The molecule has 0 aliphatic heterocycles. The zero-order valence-electron chi connectivity index (χ0n) is 14.8. The number of esters is 1. The normalized spacial score (nSPS) is 11.4. The first kappa shape index (κ1) is 20.2. The number of hydrogen-bond donors (Lipinski definition) is 1. The predicted octanol–water partition coefficient (Wildman–Crippen LogP) is 2.90. The molecule has 0 saturated heterocycles. The Morgan fingerprint density at radius 2 is 2.07 bits per heavy atom. The molecule has 0 fully saturated rings. The number of non-ortho nitro benzene ring substituents is 1. The summed E-state index contributed by atoms with van der Waals surface area (Å²) in [5, 5.41) is 13.9. The van der Waals surface area contributed by atoms with Gasteiger partial charge in [-0.3, -0.25) is 14.9 Å². The van der Waals surface area contributed by atoms with Crippen molar-refractivity contribution >= 4 is 35.0 Å². The lowest BCUT2D eigenvalue weighted by molar-refractivity contribution is -0.384. The fourth-order valence-electron chi connectivity index (χ4n) is 2.13. The molecular weight excluding hydrogens is 374 g/mol. The summed E-state index contributed by atoms with van der Waals surface area (Å²) in [7, 11) is 1.37. The van der Waals surface area contributed by atoms with E-state index in [1.165, 1.54) is 37.9 Å². The van der Waals surface area contributed by atoms with Gasteiger partial charge in [0.1, 0.15) is 10.8 Å². The van der Waals surface area contributed by atoms with E-state index in [4.69, 9.17) is 9.47 Å². The Kier molecular flexibility index (Phi) is 6.72. The zero-order chi connectivity index (χ0) is 20.0. The molecule has 0 aliphatic carbocycles. The fraction of sp³-hybridized carbons (Fsp3) is 0.235. The molecule has 2 rings (SSSR count). The number of nitro benzene ring substituents is 1. The molecule has 1 atom stereocenters. The molecule has 142 valence electrons. The van der Waals surface area contributed by atoms with Gasteiger partial charge in [0.2, 0.25) is 0 Å². The minimum absolute atomic E-state index is 0.103. The Morgan fingerprint density at radius 1 is 1.33 bits per heavy atom. The number of carbonyl (C=O) groups is 2. The molecule has 10 heteroatoms. The topological polar surface area (TPSA) is 121 Å². The third kappa shape index (κ3) is 4.94. The van der Waals surface area contributed by atoms with Gasteiger partial charge in [0.15, 0.2) is 6.10 Å². The van der Waals surface area contributed by atoms with E-state index in [0.29, 0.717) is 5.03 Å². The summed E-state index contributed by atoms with van der Waals surface area (Å²) in [5.74, 6) is -1.11. The minimum Gasteiger partial charge on any atom is -0.495 e. The fourth-order valence-corrected chi connectivity index (χ4v) is 2.67. The zero-order valence-corrected chi connectivity index (χ0v) is 15.6. The van der Waals surface area contributed by atoms with Crippen LogP contribution in [-0.4, -0.2) is 41.3 Å². The van der Waals surface area contributed by atoms with E-state index in [2.05, 4.69) is 10.3 Å². The molecule has 1 heterocycles. The highest BCUT2D eigenvalue weighted by atomic mass is 32.2. The van der Waals surface area contributed by atoms with Crippen LogP contribution in [0.3, 0.4) is 0 Å². The van der Waals surface area contributed by atoms with E-state index in [1.807, 2.05) is 0 Å². The molecule has 0 radical (unpaired) electrons. The highest BCUT2D eigenvalue weighted by Crippen LogP contribution is 2.29. The second-order valence-electron chi connectivity index (χ2n) is 5.24. The average Bonchev–Trinajstić information content (AvgIpc) is 2.67. The number of benzene rings is 1. The Morgan fingerprint density at radius 3 is 2.70 bits per heavy atom. The van der Waals surface area contributed by atoms with Crippen LogP contribution in [0.25, 0.3) is 0 Å². The third-order valence-corrected chi connectivity index (χ3v) is 4.20. The van der Waals surface area contributed by atoms with E-state index >= 15 is 0 Å². The second kappa shape index (κ2) is 8.99. The van der Waals surface area contributed by atoms with E-state index < -0.39 is 22.9 Å². The van der Waals surface area contributed by atoms with Gasteiger partial charge >= 0.3 is 5.97 Å². The van der Waals surface area contributed by atoms with Crippen molar-refractivity contribution in [1.82, 2.24) is 4.98 Å². The number of nitrogens with one attached hydrogen (secondary N) is 1. The molecule has 9 nitrogen and oxygen atoms in total. The van der Waals surface area contributed by atoms with Crippen molar-refractivity contribution in [2.45, 2.75) is 18.1 Å². The van der Waals surface area contributed by atoms with Crippen molar-refractivity contribution < 1.29 is 24.0 Å². The van der Waals surface area contributed by atoms with Crippen molar-refractivity contribution in [1.29, 1.82) is 0 Å². The maximum atomic E-state index is 12.3. The Labute approximate surface area is 159 Å². The molecule has 27 heavy (non-hydrogen) atoms. The van der Waals surface area contributed by atoms with Gasteiger partial charge in [-0.05, 0) is 31.4 Å². The van der Waals surface area contributed by atoms with Crippen LogP contribution in [0.2, 0.25) is 0 Å². The number of pyridine rings is 1. The van der Waals surface area contributed by atoms with Crippen LogP contribution >= 0.6 is 11.8 Å². The summed E-state index contributed by atoms with van der Waals surface area (Å²) in [4.78, 5) is 39.0. The largest absolute Gasteiger partial charge is 0.495 e. The van der Waals surface area contributed by atoms with Gasteiger partial charge < -0.3 is 14.8 Å². The Bertz CT molecular complexity index is 873. The first-order valence-electron chi connectivity index (χ1n) is 7.70. The summed E-state index contributed by atoms with van der Waals surface area (Å²) < 4.78 is 10.3. The summed E-state index contributed by atoms with van der Waals surface area (Å²) in [6, 6.07) is 6.93. The SMILES string of the molecule is COc1ccc([N+](=O)[O-])cc1NC(=O)[C@@H](C)OC(=O)c1cccnc1SC. The molecule has 1 N–H and O–H groups in total. The summed E-state index contributed by atoms with van der Waals surface area (Å²) in [6.45, 7) is 1.40. The molecular formula is C17H17N3O6S. The summed E-state index contributed by atoms with van der Waals surface area (Å²) in [6.07, 6.45) is 2.17. The van der Waals surface area contributed by atoms with Crippen LogP contribution < -0.4 is 10.1 Å². The van der Waals surface area contributed by atoms with Crippen LogP contribution in [0.1, 0.15) is 17.3 Å². The van der Waals surface area contributed by atoms with E-state index in [9.17, 15) is 19.7 Å². The number of aromatic nitrogens is 1. The predicted molar refractivity (Wildman–Crippen MR) is 99.2 cm³/mol. The first-order valence-corrected chi connectivity index (χ1v) is 8.93. The molecule has 0 unspecified atom stereocenters. The van der Waals surface area contributed by atoms with E-state index in [-0.39, 0.29) is 22.7 Å². The van der Waals surface area contributed by atoms with Gasteiger partial charge in [0.05, 0.1) is 23.3 Å². The number of amides is 1. The molecule has 0 spiro atoms. The van der Waals surface area contributed by atoms with Crippen LogP contribution in [0, 0.1) is 10.1 Å². The van der Waals surface area contributed by atoms with Crippen LogP contribution in [0.4, 0.5) is 11.4 Å². The summed E-state index contributed by atoms with van der Waals surface area (Å²) in [5.41, 5.74) is 0.138. The van der Waals surface area contributed by atoms with Crippen molar-refractivity contribution in [2.75, 3.05) is 18.7 Å². The maximum absolute atomic E-state index is 12.3. The number of hydrogen-bond acceptors (Lipinski definition) is 8. The molecule has 0 bridgehead atoms. The number of thioether (sulfide) groups is 1. The Hall–Kier alpha value is -3.14. The van der Waals surface area contributed by atoms with Gasteiger partial charge in [0, 0.05) is 18.3 Å². The smallest absolute Gasteiger partial charge is 0.341 e. The number of nitro groups is 1. The molecule has 0 saturated carbocycles. The molecule has 1 aromatic heterocycles. The molecule has 2 aromatic rings. The Balaban J connectivity index is 2.13. The van der Waals surface area contributed by atoms with Gasteiger partial charge in [-0.1, -0.05) is 0 Å². The van der Waals surface area contributed by atoms with Gasteiger partial charge in [-0.15, -0.1) is 11.8 Å². The quantitative estimate of drug-likeness (QED) is 0.331. The van der Waals surface area contributed by atoms with Crippen LogP contribution in [-0.2, 0) is 9.53 Å². The first-order chi connectivity index (χ1) is 12.9. The van der Waals surface area contributed by atoms with E-state index in [1.54, 1.807) is 24.6 Å². The van der Waals surface area contributed by atoms with Gasteiger partial charge in [-0.2, -0.15) is 0 Å². The average molecular weight is 391 g/mol. The van der Waals surface area contributed by atoms with Crippen LogP contribution in [0.15, 0.2) is 41.6 Å². The highest BCUT2D eigenvalue weighted by Gasteiger charge is 2.23. The number of methoxy groups -OCH3 is 1. The number of rotatable bonds is 7. The molecule has 1 aromatic carbocycles. The lowest BCUT2D eigenvalue weighted by Crippen LogP contribution is -2.30. The minimum atomic E-state index is -1.14. The second-order valence-corrected chi connectivity index (χ2v) is 6.03. The van der Waals surface area contributed by atoms with Crippen molar-refractivity contribution in [2.24, 2.45) is 0 Å². The van der Waals surface area contributed by atoms with Crippen molar-refractivity contribution in [3.8, 4) is 5.75 Å². The van der Waals surface area contributed by atoms with Gasteiger partial charge in [0.25, 0.3) is 11.6 Å². The standard InChI is InChI=1S/C17H17N3O6S/c1-10(26-17(22)12-5-4-8-18-16(12)27-3)15(21)19-13-9-11(20(23)24)6-7-14(13)25-2/h4-10H,1-3H3,(H,19,21)/t10-/m1/s1. The molecule has 1 amide bonds. The van der Waals surface area contributed by atoms with Gasteiger partial charge in [-0.25, -0.2) is 9.78 Å². The number of nitrogens with zero attached hydrogens (tertiary/aromatic N) is 2. The maximum Gasteiger partial charge on any atom is 0.341 e.